The molecule has 1 aromatic carbocycles. The van der Waals surface area contributed by atoms with Crippen LogP contribution in [0.15, 0.2) is 24.4 Å². The van der Waals surface area contributed by atoms with Crippen LogP contribution < -0.4 is 5.73 Å². The van der Waals surface area contributed by atoms with Crippen molar-refractivity contribution in [2.24, 2.45) is 0 Å². The number of aryl methyl sites for hydroxylation is 4. The standard InChI is InChI=1S/C13H17N3/c1-9-3-4-11(7-12(9)14)5-6-13-15-8-10(2)16-13/h3-4,7-8H,5-6,14H2,1-2H3,(H,15,16). The van der Waals surface area contributed by atoms with Gasteiger partial charge in [-0.3, -0.25) is 0 Å². The van der Waals surface area contributed by atoms with E-state index < -0.39 is 0 Å². The number of nitrogens with zero attached hydrogens (tertiary/aromatic N) is 1. The van der Waals surface area contributed by atoms with E-state index in [1.807, 2.05) is 26.1 Å². The number of imidazole rings is 1. The van der Waals surface area contributed by atoms with Gasteiger partial charge in [0.25, 0.3) is 0 Å². The SMILES string of the molecule is Cc1cnc(CCc2ccc(C)c(N)c2)[nH]1. The summed E-state index contributed by atoms with van der Waals surface area (Å²) < 4.78 is 0. The molecule has 0 atom stereocenters. The second-order valence-corrected chi connectivity index (χ2v) is 4.20. The molecular weight excluding hydrogens is 198 g/mol. The number of aromatic amines is 1. The molecule has 0 radical (unpaired) electrons. The molecule has 1 aromatic heterocycles. The zero-order valence-electron chi connectivity index (χ0n) is 9.75. The van der Waals surface area contributed by atoms with Crippen LogP contribution in [-0.2, 0) is 12.8 Å². The molecule has 0 saturated heterocycles. The molecule has 16 heavy (non-hydrogen) atoms. The first kappa shape index (κ1) is 10.7. The lowest BCUT2D eigenvalue weighted by atomic mass is 10.1. The van der Waals surface area contributed by atoms with Gasteiger partial charge in [-0.1, -0.05) is 12.1 Å². The first-order chi connectivity index (χ1) is 7.65. The minimum Gasteiger partial charge on any atom is -0.399 e. The fourth-order valence-electron chi connectivity index (χ4n) is 1.70. The topological polar surface area (TPSA) is 54.7 Å². The van der Waals surface area contributed by atoms with Crippen LogP contribution in [0.1, 0.15) is 22.6 Å². The number of H-pyrrole nitrogens is 1. The quantitative estimate of drug-likeness (QED) is 0.772. The van der Waals surface area contributed by atoms with E-state index in [1.165, 1.54) is 5.56 Å². The Kier molecular flexibility index (Phi) is 2.95. The molecule has 0 aliphatic heterocycles. The van der Waals surface area contributed by atoms with Crippen molar-refractivity contribution in [1.29, 1.82) is 0 Å². The lowest BCUT2D eigenvalue weighted by Gasteiger charge is -2.04. The Balaban J connectivity index is 2.02. The summed E-state index contributed by atoms with van der Waals surface area (Å²) in [7, 11) is 0. The Hall–Kier alpha value is -1.77. The number of rotatable bonds is 3. The Labute approximate surface area is 95.7 Å². The molecule has 0 saturated carbocycles. The normalized spacial score (nSPS) is 10.6. The van der Waals surface area contributed by atoms with E-state index in [2.05, 4.69) is 22.1 Å². The van der Waals surface area contributed by atoms with Gasteiger partial charge in [-0.15, -0.1) is 0 Å². The van der Waals surface area contributed by atoms with Crippen LogP contribution in [-0.4, -0.2) is 9.97 Å². The third kappa shape index (κ3) is 2.42. The van der Waals surface area contributed by atoms with Gasteiger partial charge in [0.05, 0.1) is 0 Å². The second kappa shape index (κ2) is 4.39. The minimum absolute atomic E-state index is 0.869. The average Bonchev–Trinajstić information content (AvgIpc) is 2.66. The van der Waals surface area contributed by atoms with Crippen molar-refractivity contribution >= 4 is 5.69 Å². The highest BCUT2D eigenvalue weighted by molar-refractivity contribution is 5.48. The number of anilines is 1. The minimum atomic E-state index is 0.869. The summed E-state index contributed by atoms with van der Waals surface area (Å²) in [5.74, 6) is 1.04. The van der Waals surface area contributed by atoms with Gasteiger partial charge in [0.15, 0.2) is 0 Å². The summed E-state index contributed by atoms with van der Waals surface area (Å²) in [6.07, 6.45) is 3.76. The Morgan fingerprint density at radius 1 is 1.25 bits per heavy atom. The van der Waals surface area contributed by atoms with Gasteiger partial charge in [0.2, 0.25) is 0 Å². The van der Waals surface area contributed by atoms with Crippen LogP contribution in [0.4, 0.5) is 5.69 Å². The van der Waals surface area contributed by atoms with Gasteiger partial charge in [0.1, 0.15) is 5.82 Å². The van der Waals surface area contributed by atoms with Gasteiger partial charge in [-0.25, -0.2) is 4.98 Å². The summed E-state index contributed by atoms with van der Waals surface area (Å²) in [6.45, 7) is 4.04. The molecular formula is C13H17N3. The van der Waals surface area contributed by atoms with Gasteiger partial charge in [-0.2, -0.15) is 0 Å². The van der Waals surface area contributed by atoms with Crippen LogP contribution in [0.25, 0.3) is 0 Å². The zero-order chi connectivity index (χ0) is 11.5. The van der Waals surface area contributed by atoms with E-state index in [0.717, 1.165) is 35.6 Å². The summed E-state index contributed by atoms with van der Waals surface area (Å²) >= 11 is 0. The average molecular weight is 215 g/mol. The van der Waals surface area contributed by atoms with Crippen molar-refractivity contribution < 1.29 is 0 Å². The first-order valence-electron chi connectivity index (χ1n) is 5.50. The number of hydrogen-bond donors (Lipinski definition) is 2. The van der Waals surface area contributed by atoms with Crippen molar-refractivity contribution in [2.75, 3.05) is 5.73 Å². The van der Waals surface area contributed by atoms with Crippen molar-refractivity contribution in [3.8, 4) is 0 Å². The maximum atomic E-state index is 5.87. The molecule has 3 N–H and O–H groups in total. The number of aromatic nitrogens is 2. The van der Waals surface area contributed by atoms with E-state index in [0.29, 0.717) is 0 Å². The molecule has 84 valence electrons. The van der Waals surface area contributed by atoms with E-state index >= 15 is 0 Å². The third-order valence-corrected chi connectivity index (χ3v) is 2.75. The van der Waals surface area contributed by atoms with Crippen molar-refractivity contribution in [3.63, 3.8) is 0 Å². The highest BCUT2D eigenvalue weighted by atomic mass is 14.9. The summed E-state index contributed by atoms with van der Waals surface area (Å²) in [5, 5.41) is 0. The maximum absolute atomic E-state index is 5.87. The molecule has 2 aromatic rings. The van der Waals surface area contributed by atoms with Crippen molar-refractivity contribution in [1.82, 2.24) is 9.97 Å². The summed E-state index contributed by atoms with van der Waals surface area (Å²) in [6, 6.07) is 6.24. The summed E-state index contributed by atoms with van der Waals surface area (Å²) in [4.78, 5) is 7.51. The number of benzene rings is 1. The lowest BCUT2D eigenvalue weighted by Crippen LogP contribution is -1.96. The molecule has 0 unspecified atom stereocenters. The predicted octanol–water partition coefficient (Wildman–Crippen LogP) is 2.39. The first-order valence-corrected chi connectivity index (χ1v) is 5.50. The fourth-order valence-corrected chi connectivity index (χ4v) is 1.70. The molecule has 1 heterocycles. The van der Waals surface area contributed by atoms with E-state index in [-0.39, 0.29) is 0 Å². The summed E-state index contributed by atoms with van der Waals surface area (Å²) in [5.41, 5.74) is 10.2. The van der Waals surface area contributed by atoms with Crippen molar-refractivity contribution in [3.05, 3.63) is 47.0 Å². The number of nitrogen functional groups attached to an aromatic ring is 1. The number of hydrogen-bond acceptors (Lipinski definition) is 2. The number of nitrogens with one attached hydrogen (secondary N) is 1. The molecule has 2 rings (SSSR count). The monoisotopic (exact) mass is 215 g/mol. The molecule has 0 aliphatic carbocycles. The maximum Gasteiger partial charge on any atom is 0.106 e. The molecule has 0 spiro atoms. The van der Waals surface area contributed by atoms with Gasteiger partial charge in [0, 0.05) is 24.0 Å². The highest BCUT2D eigenvalue weighted by Gasteiger charge is 2.00. The van der Waals surface area contributed by atoms with Crippen molar-refractivity contribution in [2.45, 2.75) is 26.7 Å². The Bertz CT molecular complexity index is 486. The number of nitrogens with two attached hydrogens (primary N) is 1. The lowest BCUT2D eigenvalue weighted by molar-refractivity contribution is 0.881. The highest BCUT2D eigenvalue weighted by Crippen LogP contribution is 2.14. The molecule has 0 amide bonds. The van der Waals surface area contributed by atoms with E-state index in [4.69, 9.17) is 5.73 Å². The molecule has 3 nitrogen and oxygen atoms in total. The van der Waals surface area contributed by atoms with Crippen LogP contribution in [0, 0.1) is 13.8 Å². The van der Waals surface area contributed by atoms with Crippen LogP contribution in [0.2, 0.25) is 0 Å². The Morgan fingerprint density at radius 3 is 2.69 bits per heavy atom. The Morgan fingerprint density at radius 2 is 2.06 bits per heavy atom. The smallest absolute Gasteiger partial charge is 0.106 e. The van der Waals surface area contributed by atoms with Crippen LogP contribution in [0.5, 0.6) is 0 Å². The van der Waals surface area contributed by atoms with Crippen LogP contribution >= 0.6 is 0 Å². The van der Waals surface area contributed by atoms with Gasteiger partial charge in [-0.05, 0) is 37.5 Å². The zero-order valence-corrected chi connectivity index (χ0v) is 9.75. The van der Waals surface area contributed by atoms with E-state index in [1.54, 1.807) is 0 Å². The molecule has 0 fully saturated rings. The van der Waals surface area contributed by atoms with E-state index in [9.17, 15) is 0 Å². The molecule has 0 bridgehead atoms. The third-order valence-electron chi connectivity index (χ3n) is 2.75. The fraction of sp³-hybridized carbons (Fsp3) is 0.308. The largest absolute Gasteiger partial charge is 0.399 e. The molecule has 3 heteroatoms. The van der Waals surface area contributed by atoms with Gasteiger partial charge < -0.3 is 10.7 Å². The second-order valence-electron chi connectivity index (χ2n) is 4.20. The van der Waals surface area contributed by atoms with Gasteiger partial charge >= 0.3 is 0 Å². The molecule has 0 aliphatic rings. The van der Waals surface area contributed by atoms with Crippen LogP contribution in [0.3, 0.4) is 0 Å². The predicted molar refractivity (Wildman–Crippen MR) is 66.3 cm³/mol.